The van der Waals surface area contributed by atoms with Crippen LogP contribution >= 0.6 is 12.2 Å². The molecule has 0 N–H and O–H groups in total. The fourth-order valence-corrected chi connectivity index (χ4v) is 1.39. The second kappa shape index (κ2) is 3.31. The van der Waals surface area contributed by atoms with Crippen LogP contribution in [0.4, 0.5) is 0 Å². The maximum absolute atomic E-state index is 5.11. The van der Waals surface area contributed by atoms with Gasteiger partial charge in [-0.05, 0) is 39.3 Å². The van der Waals surface area contributed by atoms with Crippen LogP contribution in [0.2, 0.25) is 0 Å². The van der Waals surface area contributed by atoms with E-state index in [0.717, 1.165) is 21.8 Å². The number of aromatic nitrogens is 1. The van der Waals surface area contributed by atoms with Crippen molar-refractivity contribution in [1.82, 2.24) is 4.98 Å². The Balaban J connectivity index is 3.33. The number of pyridine rings is 1. The molecule has 0 radical (unpaired) electrons. The molecule has 0 aliphatic heterocycles. The summed E-state index contributed by atoms with van der Waals surface area (Å²) in [5, 5.41) is 0. The van der Waals surface area contributed by atoms with Gasteiger partial charge >= 0.3 is 0 Å². The molecule has 1 aromatic heterocycles. The molecular formula is C10H13NS. The lowest BCUT2D eigenvalue weighted by Crippen LogP contribution is -2.00. The van der Waals surface area contributed by atoms with Crippen LogP contribution < -0.4 is 0 Å². The molecule has 1 aromatic rings. The Kier molecular flexibility index (Phi) is 2.58. The molecule has 0 amide bonds. The van der Waals surface area contributed by atoms with Gasteiger partial charge in [0, 0.05) is 21.8 Å². The van der Waals surface area contributed by atoms with Crippen molar-refractivity contribution in [2.24, 2.45) is 0 Å². The van der Waals surface area contributed by atoms with Gasteiger partial charge in [0.05, 0.1) is 0 Å². The standard InChI is InChI=1S/C10H13NS/c1-6-5-10(9(4)12)8(3)11-7(6)2/h5H,1-4H3. The lowest BCUT2D eigenvalue weighted by molar-refractivity contribution is 1.08. The van der Waals surface area contributed by atoms with Crippen LogP contribution in [0.3, 0.4) is 0 Å². The van der Waals surface area contributed by atoms with Gasteiger partial charge < -0.3 is 0 Å². The normalized spacial score (nSPS) is 10.0. The van der Waals surface area contributed by atoms with Gasteiger partial charge in [0.25, 0.3) is 0 Å². The van der Waals surface area contributed by atoms with Crippen molar-refractivity contribution >= 4 is 17.1 Å². The summed E-state index contributed by atoms with van der Waals surface area (Å²) in [5.74, 6) is 0. The first-order valence-electron chi connectivity index (χ1n) is 3.98. The van der Waals surface area contributed by atoms with Crippen molar-refractivity contribution in [2.75, 3.05) is 0 Å². The van der Waals surface area contributed by atoms with Crippen molar-refractivity contribution in [2.45, 2.75) is 27.7 Å². The van der Waals surface area contributed by atoms with Gasteiger partial charge in [-0.2, -0.15) is 0 Å². The minimum atomic E-state index is 0.920. The van der Waals surface area contributed by atoms with E-state index in [2.05, 4.69) is 18.0 Å². The van der Waals surface area contributed by atoms with E-state index in [0.29, 0.717) is 0 Å². The van der Waals surface area contributed by atoms with Crippen molar-refractivity contribution in [3.8, 4) is 0 Å². The molecule has 0 spiro atoms. The Bertz CT molecular complexity index is 329. The number of hydrogen-bond donors (Lipinski definition) is 0. The van der Waals surface area contributed by atoms with Crippen molar-refractivity contribution in [1.29, 1.82) is 0 Å². The molecule has 0 aliphatic carbocycles. The molecule has 12 heavy (non-hydrogen) atoms. The predicted molar refractivity (Wildman–Crippen MR) is 55.8 cm³/mol. The molecule has 0 fully saturated rings. The Labute approximate surface area is 78.8 Å². The Morgan fingerprint density at radius 2 is 1.83 bits per heavy atom. The molecule has 64 valence electrons. The summed E-state index contributed by atoms with van der Waals surface area (Å²) >= 11 is 5.11. The molecule has 0 atom stereocenters. The van der Waals surface area contributed by atoms with Crippen LogP contribution in [0.15, 0.2) is 6.07 Å². The first-order chi connectivity index (χ1) is 5.52. The van der Waals surface area contributed by atoms with Gasteiger partial charge in [-0.25, -0.2) is 0 Å². The van der Waals surface area contributed by atoms with Gasteiger partial charge in [0.15, 0.2) is 0 Å². The van der Waals surface area contributed by atoms with E-state index in [1.807, 2.05) is 20.8 Å². The van der Waals surface area contributed by atoms with E-state index in [4.69, 9.17) is 12.2 Å². The smallest absolute Gasteiger partial charge is 0.0459 e. The molecule has 2 heteroatoms. The Morgan fingerprint density at radius 1 is 1.25 bits per heavy atom. The lowest BCUT2D eigenvalue weighted by Gasteiger charge is -2.06. The number of thiocarbonyl (C=S) groups is 1. The topological polar surface area (TPSA) is 12.9 Å². The van der Waals surface area contributed by atoms with E-state index in [-0.39, 0.29) is 0 Å². The fourth-order valence-electron chi connectivity index (χ4n) is 1.18. The third-order valence-electron chi connectivity index (χ3n) is 2.04. The van der Waals surface area contributed by atoms with E-state index in [1.54, 1.807) is 0 Å². The molecule has 1 rings (SSSR count). The SMILES string of the molecule is CC(=S)c1cc(C)c(C)nc1C. The minimum Gasteiger partial charge on any atom is -0.258 e. The molecule has 0 aliphatic rings. The zero-order chi connectivity index (χ0) is 9.30. The quantitative estimate of drug-likeness (QED) is 0.485. The van der Waals surface area contributed by atoms with Crippen molar-refractivity contribution < 1.29 is 0 Å². The Hall–Kier alpha value is -0.760. The average Bonchev–Trinajstić information content (AvgIpc) is 1.96. The average molecular weight is 179 g/mol. The molecule has 0 saturated carbocycles. The van der Waals surface area contributed by atoms with Gasteiger partial charge in [0.2, 0.25) is 0 Å². The van der Waals surface area contributed by atoms with Gasteiger partial charge in [-0.3, -0.25) is 4.98 Å². The number of aryl methyl sites for hydroxylation is 3. The van der Waals surface area contributed by atoms with Gasteiger partial charge in [-0.1, -0.05) is 12.2 Å². The van der Waals surface area contributed by atoms with Crippen LogP contribution in [0.1, 0.15) is 29.4 Å². The predicted octanol–water partition coefficient (Wildman–Crippen LogP) is 2.74. The molecule has 0 bridgehead atoms. The second-order valence-electron chi connectivity index (χ2n) is 3.08. The first-order valence-corrected chi connectivity index (χ1v) is 4.39. The maximum atomic E-state index is 5.11. The van der Waals surface area contributed by atoms with Gasteiger partial charge in [-0.15, -0.1) is 0 Å². The maximum Gasteiger partial charge on any atom is 0.0459 e. The van der Waals surface area contributed by atoms with E-state index in [1.165, 1.54) is 5.56 Å². The van der Waals surface area contributed by atoms with Crippen LogP contribution in [-0.2, 0) is 0 Å². The molecule has 0 aromatic carbocycles. The third-order valence-corrected chi connectivity index (χ3v) is 2.26. The molecule has 0 saturated heterocycles. The van der Waals surface area contributed by atoms with E-state index >= 15 is 0 Å². The van der Waals surface area contributed by atoms with Crippen molar-refractivity contribution in [3.05, 3.63) is 28.6 Å². The second-order valence-corrected chi connectivity index (χ2v) is 3.69. The highest BCUT2D eigenvalue weighted by Crippen LogP contribution is 2.12. The molecular weight excluding hydrogens is 166 g/mol. The summed E-state index contributed by atoms with van der Waals surface area (Å²) in [7, 11) is 0. The summed E-state index contributed by atoms with van der Waals surface area (Å²) < 4.78 is 0. The number of nitrogens with zero attached hydrogens (tertiary/aromatic N) is 1. The van der Waals surface area contributed by atoms with Crippen LogP contribution in [0.5, 0.6) is 0 Å². The minimum absolute atomic E-state index is 0.920. The highest BCUT2D eigenvalue weighted by molar-refractivity contribution is 7.80. The van der Waals surface area contributed by atoms with Gasteiger partial charge in [0.1, 0.15) is 0 Å². The van der Waals surface area contributed by atoms with E-state index < -0.39 is 0 Å². The number of hydrogen-bond acceptors (Lipinski definition) is 2. The van der Waals surface area contributed by atoms with E-state index in [9.17, 15) is 0 Å². The summed E-state index contributed by atoms with van der Waals surface area (Å²) in [6, 6.07) is 2.11. The monoisotopic (exact) mass is 179 g/mol. The number of rotatable bonds is 1. The Morgan fingerprint density at radius 3 is 2.33 bits per heavy atom. The molecule has 1 nitrogen and oxygen atoms in total. The van der Waals surface area contributed by atoms with Crippen molar-refractivity contribution in [3.63, 3.8) is 0 Å². The van der Waals surface area contributed by atoms with Crippen LogP contribution in [-0.4, -0.2) is 9.85 Å². The first kappa shape index (κ1) is 9.33. The summed E-state index contributed by atoms with van der Waals surface area (Å²) in [5.41, 5.74) is 4.44. The zero-order valence-electron chi connectivity index (χ0n) is 7.93. The zero-order valence-corrected chi connectivity index (χ0v) is 8.75. The third kappa shape index (κ3) is 1.69. The summed E-state index contributed by atoms with van der Waals surface area (Å²) in [6.07, 6.45) is 0. The molecule has 0 unspecified atom stereocenters. The highest BCUT2D eigenvalue weighted by atomic mass is 32.1. The lowest BCUT2D eigenvalue weighted by atomic mass is 10.1. The van der Waals surface area contributed by atoms with Crippen LogP contribution in [0, 0.1) is 20.8 Å². The highest BCUT2D eigenvalue weighted by Gasteiger charge is 2.03. The summed E-state index contributed by atoms with van der Waals surface area (Å²) in [4.78, 5) is 5.33. The summed E-state index contributed by atoms with van der Waals surface area (Å²) in [6.45, 7) is 8.01. The van der Waals surface area contributed by atoms with Crippen LogP contribution in [0.25, 0.3) is 0 Å². The largest absolute Gasteiger partial charge is 0.258 e. The fraction of sp³-hybridized carbons (Fsp3) is 0.400. The molecule has 1 heterocycles.